The second-order valence-electron chi connectivity index (χ2n) is 6.42. The molecule has 0 bridgehead atoms. The van der Waals surface area contributed by atoms with E-state index >= 15 is 0 Å². The van der Waals surface area contributed by atoms with Crippen molar-refractivity contribution in [1.82, 2.24) is 0 Å². The van der Waals surface area contributed by atoms with Gasteiger partial charge in [-0.3, -0.25) is 0 Å². The molecule has 1 saturated heterocycles. The second kappa shape index (κ2) is 2.50. The first-order valence-corrected chi connectivity index (χ1v) is 5.46. The first-order chi connectivity index (χ1) is 5.84. The van der Waals surface area contributed by atoms with E-state index in [1.54, 1.807) is 0 Å². The van der Waals surface area contributed by atoms with Crippen molar-refractivity contribution in [3.63, 3.8) is 0 Å². The molecular formula is C12H22O. The summed E-state index contributed by atoms with van der Waals surface area (Å²) < 4.78 is 5.66. The van der Waals surface area contributed by atoms with Crippen LogP contribution in [0.4, 0.5) is 0 Å². The molecule has 2 rings (SSSR count). The Morgan fingerprint density at radius 1 is 1.38 bits per heavy atom. The highest BCUT2D eigenvalue weighted by Crippen LogP contribution is 2.67. The van der Waals surface area contributed by atoms with Gasteiger partial charge < -0.3 is 4.74 Å². The van der Waals surface area contributed by atoms with E-state index in [0.717, 1.165) is 18.4 Å². The van der Waals surface area contributed by atoms with Crippen molar-refractivity contribution in [2.75, 3.05) is 6.61 Å². The first-order valence-electron chi connectivity index (χ1n) is 5.46. The van der Waals surface area contributed by atoms with Crippen molar-refractivity contribution in [3.05, 3.63) is 0 Å². The van der Waals surface area contributed by atoms with Crippen LogP contribution in [-0.4, -0.2) is 12.7 Å². The van der Waals surface area contributed by atoms with Gasteiger partial charge in [-0.05, 0) is 36.0 Å². The number of ether oxygens (including phenoxy) is 1. The number of hydrogen-bond acceptors (Lipinski definition) is 1. The molecule has 1 heteroatoms. The molecule has 0 amide bonds. The maximum absolute atomic E-state index is 5.66. The van der Waals surface area contributed by atoms with Crippen LogP contribution in [0.1, 0.15) is 41.0 Å². The average molecular weight is 182 g/mol. The van der Waals surface area contributed by atoms with Crippen LogP contribution < -0.4 is 0 Å². The molecule has 0 aromatic rings. The minimum atomic E-state index is 0.484. The van der Waals surface area contributed by atoms with Crippen molar-refractivity contribution in [1.29, 1.82) is 0 Å². The summed E-state index contributed by atoms with van der Waals surface area (Å²) in [4.78, 5) is 0. The quantitative estimate of drug-likeness (QED) is 0.605. The third-order valence-electron chi connectivity index (χ3n) is 3.93. The van der Waals surface area contributed by atoms with E-state index in [9.17, 15) is 0 Å². The maximum atomic E-state index is 5.66. The third kappa shape index (κ3) is 1.41. The minimum Gasteiger partial charge on any atom is -0.378 e. The molecule has 0 radical (unpaired) electrons. The fraction of sp³-hybridized carbons (Fsp3) is 1.00. The molecule has 0 aromatic carbocycles. The fourth-order valence-electron chi connectivity index (χ4n) is 3.20. The van der Waals surface area contributed by atoms with Crippen LogP contribution in [-0.2, 0) is 4.74 Å². The van der Waals surface area contributed by atoms with Crippen LogP contribution in [0.15, 0.2) is 0 Å². The van der Waals surface area contributed by atoms with Gasteiger partial charge in [0.2, 0.25) is 0 Å². The molecule has 0 spiro atoms. The topological polar surface area (TPSA) is 9.23 Å². The van der Waals surface area contributed by atoms with E-state index in [0.29, 0.717) is 16.9 Å². The average Bonchev–Trinajstić information content (AvgIpc) is 2.34. The van der Waals surface area contributed by atoms with Crippen molar-refractivity contribution in [3.8, 4) is 0 Å². The number of rotatable bonds is 1. The molecule has 1 aliphatic carbocycles. The predicted molar refractivity (Wildman–Crippen MR) is 54.6 cm³/mol. The zero-order valence-corrected chi connectivity index (χ0v) is 9.55. The minimum absolute atomic E-state index is 0.484. The lowest BCUT2D eigenvalue weighted by Gasteiger charge is -2.21. The van der Waals surface area contributed by atoms with Crippen molar-refractivity contribution < 1.29 is 4.74 Å². The van der Waals surface area contributed by atoms with Gasteiger partial charge in [0, 0.05) is 0 Å². The monoisotopic (exact) mass is 182 g/mol. The summed E-state index contributed by atoms with van der Waals surface area (Å²) in [6, 6.07) is 0. The SMILES string of the molecule is CC1OCC2(C)C(CC(C)(C)C)C12. The van der Waals surface area contributed by atoms with Crippen LogP contribution in [0.25, 0.3) is 0 Å². The summed E-state index contributed by atoms with van der Waals surface area (Å²) >= 11 is 0. The predicted octanol–water partition coefficient (Wildman–Crippen LogP) is 3.09. The van der Waals surface area contributed by atoms with Gasteiger partial charge in [-0.15, -0.1) is 0 Å². The molecule has 4 unspecified atom stereocenters. The zero-order valence-electron chi connectivity index (χ0n) is 9.55. The summed E-state index contributed by atoms with van der Waals surface area (Å²) in [6.45, 7) is 12.7. The second-order valence-corrected chi connectivity index (χ2v) is 6.42. The van der Waals surface area contributed by atoms with E-state index in [4.69, 9.17) is 4.74 Å². The molecule has 1 aliphatic heterocycles. The Bertz CT molecular complexity index is 216. The molecule has 2 fully saturated rings. The zero-order chi connectivity index (χ0) is 9.85. The van der Waals surface area contributed by atoms with Gasteiger partial charge in [-0.1, -0.05) is 27.7 Å². The highest BCUT2D eigenvalue weighted by Gasteiger charge is 2.67. The van der Waals surface area contributed by atoms with Gasteiger partial charge in [0.25, 0.3) is 0 Å². The molecule has 0 N–H and O–H groups in total. The molecule has 13 heavy (non-hydrogen) atoms. The standard InChI is InChI=1S/C12H22O/c1-8-10-9(6-11(2,3)4)12(10,5)7-13-8/h8-10H,6-7H2,1-5H3. The Kier molecular flexibility index (Phi) is 1.83. The van der Waals surface area contributed by atoms with Crippen LogP contribution >= 0.6 is 0 Å². The normalized spacial score (nSPS) is 49.2. The van der Waals surface area contributed by atoms with E-state index in [2.05, 4.69) is 34.6 Å². The smallest absolute Gasteiger partial charge is 0.0584 e. The molecule has 76 valence electrons. The van der Waals surface area contributed by atoms with Gasteiger partial charge >= 0.3 is 0 Å². The van der Waals surface area contributed by atoms with E-state index in [1.807, 2.05) is 0 Å². The Hall–Kier alpha value is -0.0400. The molecule has 4 atom stereocenters. The molecule has 2 aliphatic rings. The van der Waals surface area contributed by atoms with Crippen LogP contribution in [0, 0.1) is 22.7 Å². The van der Waals surface area contributed by atoms with Crippen molar-refractivity contribution in [2.24, 2.45) is 22.7 Å². The molecular weight excluding hydrogens is 160 g/mol. The lowest BCUT2D eigenvalue weighted by molar-refractivity contribution is 0.0640. The van der Waals surface area contributed by atoms with Crippen molar-refractivity contribution in [2.45, 2.75) is 47.1 Å². The van der Waals surface area contributed by atoms with Gasteiger partial charge in [0.1, 0.15) is 0 Å². The van der Waals surface area contributed by atoms with Gasteiger partial charge in [0.05, 0.1) is 12.7 Å². The lowest BCUT2D eigenvalue weighted by Crippen LogP contribution is -2.15. The molecule has 1 saturated carbocycles. The molecule has 1 heterocycles. The van der Waals surface area contributed by atoms with Crippen LogP contribution in [0.3, 0.4) is 0 Å². The number of hydrogen-bond donors (Lipinski definition) is 0. The summed E-state index contributed by atoms with van der Waals surface area (Å²) in [5, 5.41) is 0. The van der Waals surface area contributed by atoms with E-state index in [1.165, 1.54) is 6.42 Å². The van der Waals surface area contributed by atoms with Gasteiger partial charge in [-0.2, -0.15) is 0 Å². The first kappa shape index (κ1) is 9.51. The molecule has 1 nitrogen and oxygen atoms in total. The van der Waals surface area contributed by atoms with Crippen molar-refractivity contribution >= 4 is 0 Å². The fourth-order valence-corrected chi connectivity index (χ4v) is 3.20. The Labute approximate surface area is 81.9 Å². The summed E-state index contributed by atoms with van der Waals surface area (Å²) in [7, 11) is 0. The van der Waals surface area contributed by atoms with Gasteiger partial charge in [-0.25, -0.2) is 0 Å². The van der Waals surface area contributed by atoms with Gasteiger partial charge in [0.15, 0.2) is 0 Å². The summed E-state index contributed by atoms with van der Waals surface area (Å²) in [5.74, 6) is 1.78. The summed E-state index contributed by atoms with van der Waals surface area (Å²) in [6.07, 6.45) is 1.87. The Morgan fingerprint density at radius 3 is 2.38 bits per heavy atom. The third-order valence-corrected chi connectivity index (χ3v) is 3.93. The molecule has 0 aromatic heterocycles. The highest BCUT2D eigenvalue weighted by molar-refractivity contribution is 5.14. The highest BCUT2D eigenvalue weighted by atomic mass is 16.5. The number of fused-ring (bicyclic) bond motifs is 1. The van der Waals surface area contributed by atoms with E-state index in [-0.39, 0.29) is 0 Å². The van der Waals surface area contributed by atoms with Crippen LogP contribution in [0.2, 0.25) is 0 Å². The maximum Gasteiger partial charge on any atom is 0.0584 e. The Morgan fingerprint density at radius 2 is 2.00 bits per heavy atom. The lowest BCUT2D eigenvalue weighted by atomic mass is 9.87. The van der Waals surface area contributed by atoms with E-state index < -0.39 is 0 Å². The largest absolute Gasteiger partial charge is 0.378 e. The summed E-state index contributed by atoms with van der Waals surface area (Å²) in [5.41, 5.74) is 1.02. The van der Waals surface area contributed by atoms with Crippen LogP contribution in [0.5, 0.6) is 0 Å². The Balaban J connectivity index is 2.00.